The van der Waals surface area contributed by atoms with Crippen LogP contribution in [-0.4, -0.2) is 64.7 Å². The van der Waals surface area contributed by atoms with E-state index in [1.165, 1.54) is 7.11 Å². The fourth-order valence-electron chi connectivity index (χ4n) is 2.13. The summed E-state index contributed by atoms with van der Waals surface area (Å²) in [7, 11) is 1.53. The number of hydroxylamine groups is 2. The molecule has 0 aromatic rings. The molecule has 5 atom stereocenters. The van der Waals surface area contributed by atoms with Crippen LogP contribution >= 0.6 is 0 Å². The lowest BCUT2D eigenvalue weighted by Crippen LogP contribution is -2.60. The van der Waals surface area contributed by atoms with Crippen LogP contribution in [0, 0.1) is 5.92 Å². The molecule has 2 unspecified atom stereocenters. The van der Waals surface area contributed by atoms with E-state index in [9.17, 15) is 10.2 Å². The molecule has 1 fully saturated rings. The minimum atomic E-state index is -1.07. The van der Waals surface area contributed by atoms with Crippen LogP contribution in [0.1, 0.15) is 20.8 Å². The van der Waals surface area contributed by atoms with Gasteiger partial charge in [-0.05, 0) is 13.8 Å². The van der Waals surface area contributed by atoms with E-state index in [1.807, 2.05) is 13.8 Å². The van der Waals surface area contributed by atoms with Crippen molar-refractivity contribution < 1.29 is 24.9 Å². The van der Waals surface area contributed by atoms with Crippen LogP contribution in [-0.2, 0) is 9.57 Å². The van der Waals surface area contributed by atoms with Crippen LogP contribution in [0.25, 0.3) is 0 Å². The predicted molar refractivity (Wildman–Crippen MR) is 60.9 cm³/mol. The van der Waals surface area contributed by atoms with Crippen molar-refractivity contribution in [3.63, 3.8) is 0 Å². The van der Waals surface area contributed by atoms with E-state index in [0.29, 0.717) is 0 Å². The van der Waals surface area contributed by atoms with Gasteiger partial charge in [-0.3, -0.25) is 4.84 Å². The Hall–Kier alpha value is -0.240. The third-order valence-corrected chi connectivity index (χ3v) is 3.18. The lowest BCUT2D eigenvalue weighted by Gasteiger charge is -2.45. The van der Waals surface area contributed by atoms with Gasteiger partial charge in [0, 0.05) is 12.0 Å². The summed E-state index contributed by atoms with van der Waals surface area (Å²) in [5, 5.41) is 30.4. The number of ether oxygens (including phenoxy) is 1. The number of nitrogens with zero attached hydrogens (tertiary/aromatic N) is 1. The van der Waals surface area contributed by atoms with Crippen LogP contribution in [0.5, 0.6) is 0 Å². The minimum Gasteiger partial charge on any atom is -0.394 e. The zero-order valence-corrected chi connectivity index (χ0v) is 10.8. The predicted octanol–water partition coefficient (Wildman–Crippen LogP) is -0.667. The van der Waals surface area contributed by atoms with Crippen LogP contribution in [0.15, 0.2) is 0 Å². The molecule has 0 spiro atoms. The van der Waals surface area contributed by atoms with Crippen LogP contribution < -0.4 is 0 Å². The lowest BCUT2D eigenvalue weighted by atomic mass is 9.91. The zero-order valence-electron chi connectivity index (χ0n) is 10.8. The smallest absolute Gasteiger partial charge is 0.139 e. The van der Waals surface area contributed by atoms with E-state index in [-0.39, 0.29) is 18.6 Å². The molecule has 0 saturated carbocycles. The Balaban J connectivity index is 2.84. The Morgan fingerprint density at radius 1 is 1.29 bits per heavy atom. The number of aliphatic hydroxyl groups is 3. The molecule has 1 heterocycles. The first-order chi connectivity index (χ1) is 7.93. The van der Waals surface area contributed by atoms with Crippen LogP contribution in [0.4, 0.5) is 0 Å². The molecule has 0 aromatic carbocycles. The second-order valence-corrected chi connectivity index (χ2v) is 4.72. The highest BCUT2D eigenvalue weighted by atomic mass is 16.7. The normalized spacial score (nSPS) is 39.0. The zero-order chi connectivity index (χ0) is 13.2. The van der Waals surface area contributed by atoms with Gasteiger partial charge in [0.25, 0.3) is 0 Å². The summed E-state index contributed by atoms with van der Waals surface area (Å²) in [6, 6.07) is 0.0641. The molecule has 17 heavy (non-hydrogen) atoms. The highest BCUT2D eigenvalue weighted by Gasteiger charge is 2.44. The second-order valence-electron chi connectivity index (χ2n) is 4.72. The van der Waals surface area contributed by atoms with E-state index in [2.05, 4.69) is 0 Å². The van der Waals surface area contributed by atoms with Gasteiger partial charge in [0.1, 0.15) is 18.4 Å². The Morgan fingerprint density at radius 2 is 1.88 bits per heavy atom. The van der Waals surface area contributed by atoms with Crippen molar-refractivity contribution in [2.45, 2.75) is 51.4 Å². The fourth-order valence-corrected chi connectivity index (χ4v) is 2.13. The first-order valence-electron chi connectivity index (χ1n) is 5.88. The molecule has 6 nitrogen and oxygen atoms in total. The minimum absolute atomic E-state index is 0.0641. The molecule has 3 N–H and O–H groups in total. The summed E-state index contributed by atoms with van der Waals surface area (Å²) in [6.45, 7) is 5.31. The van der Waals surface area contributed by atoms with Crippen molar-refractivity contribution in [2.75, 3.05) is 13.7 Å². The molecule has 1 aliphatic heterocycles. The number of rotatable bonds is 4. The van der Waals surface area contributed by atoms with Gasteiger partial charge in [0.2, 0.25) is 0 Å². The molecule has 0 amide bonds. The first-order valence-corrected chi connectivity index (χ1v) is 5.88. The summed E-state index contributed by atoms with van der Waals surface area (Å²) in [5.74, 6) is -0.310. The number of hydrogen-bond acceptors (Lipinski definition) is 6. The van der Waals surface area contributed by atoms with Crippen molar-refractivity contribution in [3.05, 3.63) is 0 Å². The molecule has 0 radical (unpaired) electrons. The van der Waals surface area contributed by atoms with Gasteiger partial charge in [0.05, 0.1) is 19.8 Å². The summed E-state index contributed by atoms with van der Waals surface area (Å²) in [4.78, 5) is 5.23. The summed E-state index contributed by atoms with van der Waals surface area (Å²) >= 11 is 0. The van der Waals surface area contributed by atoms with Gasteiger partial charge in [0.15, 0.2) is 0 Å². The number of hydrogen-bond donors (Lipinski definition) is 3. The Morgan fingerprint density at radius 3 is 2.29 bits per heavy atom. The monoisotopic (exact) mass is 249 g/mol. The Kier molecular flexibility index (Phi) is 5.30. The fraction of sp³-hybridized carbons (Fsp3) is 1.00. The quantitative estimate of drug-likeness (QED) is 0.573. The molecule has 0 aliphatic carbocycles. The second kappa shape index (κ2) is 6.08. The maximum absolute atomic E-state index is 9.92. The Labute approximate surface area is 102 Å². The van der Waals surface area contributed by atoms with E-state index < -0.39 is 24.5 Å². The van der Waals surface area contributed by atoms with Crippen molar-refractivity contribution in [3.8, 4) is 0 Å². The average Bonchev–Trinajstić information content (AvgIpc) is 2.29. The molecule has 102 valence electrons. The summed E-state index contributed by atoms with van der Waals surface area (Å²) in [5.41, 5.74) is 0. The van der Waals surface area contributed by atoms with Gasteiger partial charge < -0.3 is 20.1 Å². The molecule has 1 aliphatic rings. The van der Waals surface area contributed by atoms with Gasteiger partial charge in [-0.1, -0.05) is 6.92 Å². The van der Waals surface area contributed by atoms with Gasteiger partial charge in [-0.15, -0.1) is 0 Å². The molecular weight excluding hydrogens is 226 g/mol. The van der Waals surface area contributed by atoms with Crippen molar-refractivity contribution in [1.82, 2.24) is 5.06 Å². The van der Waals surface area contributed by atoms with Gasteiger partial charge >= 0.3 is 0 Å². The molecule has 1 rings (SSSR count). The molecule has 6 heteroatoms. The largest absolute Gasteiger partial charge is 0.394 e. The average molecular weight is 249 g/mol. The van der Waals surface area contributed by atoms with E-state index in [4.69, 9.17) is 14.7 Å². The molecule has 0 bridgehead atoms. The summed E-state index contributed by atoms with van der Waals surface area (Å²) in [6.07, 6.45) is -3.29. The summed E-state index contributed by atoms with van der Waals surface area (Å²) < 4.78 is 5.59. The maximum atomic E-state index is 9.92. The van der Waals surface area contributed by atoms with E-state index in [1.54, 1.807) is 12.0 Å². The van der Waals surface area contributed by atoms with E-state index >= 15 is 0 Å². The lowest BCUT2D eigenvalue weighted by molar-refractivity contribution is -0.323. The molecular formula is C11H23NO5. The van der Waals surface area contributed by atoms with Crippen LogP contribution in [0.2, 0.25) is 0 Å². The van der Waals surface area contributed by atoms with Crippen LogP contribution in [0.3, 0.4) is 0 Å². The van der Waals surface area contributed by atoms with Crippen molar-refractivity contribution in [1.29, 1.82) is 0 Å². The van der Waals surface area contributed by atoms with E-state index in [0.717, 1.165) is 0 Å². The van der Waals surface area contributed by atoms with Gasteiger partial charge in [-0.25, -0.2) is 0 Å². The molecule has 0 aromatic heterocycles. The first kappa shape index (κ1) is 14.8. The highest BCUT2D eigenvalue weighted by Crippen LogP contribution is 2.29. The van der Waals surface area contributed by atoms with Gasteiger partial charge in [-0.2, -0.15) is 5.06 Å². The van der Waals surface area contributed by atoms with Crippen molar-refractivity contribution >= 4 is 0 Å². The molecule has 1 saturated heterocycles. The highest BCUT2D eigenvalue weighted by molar-refractivity contribution is 4.89. The number of aliphatic hydroxyl groups excluding tert-OH is 3. The third-order valence-electron chi connectivity index (χ3n) is 3.18. The van der Waals surface area contributed by atoms with Crippen molar-refractivity contribution in [2.24, 2.45) is 5.92 Å². The maximum Gasteiger partial charge on any atom is 0.139 e. The standard InChI is InChI=1S/C11H23NO5/c1-6(2)12(16-4)11-7(3)9(14)10(15)8(5-13)17-11/h6-11,13-15H,5H2,1-4H3/t7?,8?,9-,10+,11+/m1/s1. The third kappa shape index (κ3) is 2.96. The topological polar surface area (TPSA) is 82.4 Å². The Bertz CT molecular complexity index is 236. The SMILES string of the molecule is CON(C(C)C)[C@H]1OC(CO)[C@H](O)[C@H](O)C1C.